The van der Waals surface area contributed by atoms with Crippen molar-refractivity contribution in [3.05, 3.63) is 21.5 Å². The molecule has 0 spiro atoms. The minimum atomic E-state index is -0.172. The smallest absolute Gasteiger partial charge is 0.138 e. The molecule has 0 radical (unpaired) electrons. The van der Waals surface area contributed by atoms with Crippen molar-refractivity contribution in [2.75, 3.05) is 17.2 Å². The summed E-state index contributed by atoms with van der Waals surface area (Å²) < 4.78 is 14.3. The molecule has 17 heavy (non-hydrogen) atoms. The summed E-state index contributed by atoms with van der Waals surface area (Å²) in [5, 5.41) is 6.86. The molecule has 0 bridgehead atoms. The second kappa shape index (κ2) is 4.00. The predicted molar refractivity (Wildman–Crippen MR) is 79.1 cm³/mol. The number of anilines is 2. The first-order chi connectivity index (χ1) is 7.73. The van der Waals surface area contributed by atoms with Crippen LogP contribution in [0.4, 0.5) is 15.8 Å². The number of rotatable bonds is 0. The molecular weight excluding hydrogens is 330 g/mol. The molecule has 0 saturated heterocycles. The Morgan fingerprint density at radius 2 is 1.82 bits per heavy atom. The largest absolute Gasteiger partial charge is 0.383 e. The SMILES string of the molecule is CC1(C)CNc2cc(I)c(F)cc2NC1(C)C. The Morgan fingerprint density at radius 3 is 2.47 bits per heavy atom. The lowest BCUT2D eigenvalue weighted by molar-refractivity contribution is 0.245. The number of halogens is 2. The summed E-state index contributed by atoms with van der Waals surface area (Å²) in [6, 6.07) is 3.43. The van der Waals surface area contributed by atoms with Crippen molar-refractivity contribution in [2.24, 2.45) is 5.41 Å². The summed E-state index contributed by atoms with van der Waals surface area (Å²) in [6.07, 6.45) is 0. The van der Waals surface area contributed by atoms with Gasteiger partial charge in [-0.2, -0.15) is 0 Å². The number of hydrogen-bond acceptors (Lipinski definition) is 2. The first-order valence-corrected chi connectivity index (χ1v) is 6.82. The Bertz CT molecular complexity index is 455. The van der Waals surface area contributed by atoms with Gasteiger partial charge in [-0.15, -0.1) is 0 Å². The van der Waals surface area contributed by atoms with Crippen molar-refractivity contribution in [1.82, 2.24) is 0 Å². The van der Waals surface area contributed by atoms with E-state index >= 15 is 0 Å². The summed E-state index contributed by atoms with van der Waals surface area (Å²) in [4.78, 5) is 0. The van der Waals surface area contributed by atoms with Gasteiger partial charge in [0.1, 0.15) is 5.82 Å². The van der Waals surface area contributed by atoms with Crippen LogP contribution in [0, 0.1) is 14.8 Å². The third-order valence-electron chi connectivity index (χ3n) is 3.92. The van der Waals surface area contributed by atoms with Crippen LogP contribution in [0.2, 0.25) is 0 Å². The Balaban J connectivity index is 2.48. The van der Waals surface area contributed by atoms with Crippen LogP contribution in [-0.2, 0) is 0 Å². The Hall–Kier alpha value is -0.520. The predicted octanol–water partition coefficient (Wildman–Crippen LogP) is 4.07. The zero-order valence-electron chi connectivity index (χ0n) is 10.6. The van der Waals surface area contributed by atoms with E-state index in [4.69, 9.17) is 0 Å². The molecule has 94 valence electrons. The molecule has 2 N–H and O–H groups in total. The van der Waals surface area contributed by atoms with Crippen LogP contribution in [0.15, 0.2) is 12.1 Å². The van der Waals surface area contributed by atoms with E-state index in [2.05, 4.69) is 38.3 Å². The van der Waals surface area contributed by atoms with Gasteiger partial charge < -0.3 is 10.6 Å². The van der Waals surface area contributed by atoms with Gasteiger partial charge in [0.25, 0.3) is 0 Å². The molecule has 1 aliphatic heterocycles. The maximum Gasteiger partial charge on any atom is 0.138 e. The van der Waals surface area contributed by atoms with Crippen molar-refractivity contribution in [2.45, 2.75) is 33.2 Å². The number of nitrogens with one attached hydrogen (secondary N) is 2. The molecule has 0 aliphatic carbocycles. The molecule has 4 heteroatoms. The van der Waals surface area contributed by atoms with E-state index in [1.54, 1.807) is 6.07 Å². The fourth-order valence-corrected chi connectivity index (χ4v) is 2.31. The standard InChI is InChI=1S/C13H18FIN2/c1-12(2)7-16-10-6-9(15)8(14)5-11(10)17-13(12,3)4/h5-6,16-17H,7H2,1-4H3. The average molecular weight is 348 g/mol. The normalized spacial score (nSPS) is 20.8. The van der Waals surface area contributed by atoms with Gasteiger partial charge in [0.15, 0.2) is 0 Å². The van der Waals surface area contributed by atoms with E-state index in [1.807, 2.05) is 28.7 Å². The summed E-state index contributed by atoms with van der Waals surface area (Å²) >= 11 is 2.02. The summed E-state index contributed by atoms with van der Waals surface area (Å²) in [6.45, 7) is 9.58. The fraction of sp³-hybridized carbons (Fsp3) is 0.538. The quantitative estimate of drug-likeness (QED) is 0.691. The number of hydrogen-bond donors (Lipinski definition) is 2. The van der Waals surface area contributed by atoms with Crippen LogP contribution in [0.5, 0.6) is 0 Å². The van der Waals surface area contributed by atoms with Gasteiger partial charge in [0.05, 0.1) is 14.9 Å². The zero-order valence-corrected chi connectivity index (χ0v) is 12.8. The first kappa shape index (κ1) is 12.9. The van der Waals surface area contributed by atoms with Crippen molar-refractivity contribution < 1.29 is 4.39 Å². The molecule has 0 atom stereocenters. The minimum Gasteiger partial charge on any atom is -0.383 e. The highest BCUT2D eigenvalue weighted by Crippen LogP contribution is 2.40. The second-order valence-electron chi connectivity index (χ2n) is 5.80. The van der Waals surface area contributed by atoms with Gasteiger partial charge in [0, 0.05) is 23.6 Å². The Kier molecular flexibility index (Phi) is 3.04. The van der Waals surface area contributed by atoms with E-state index in [1.165, 1.54) is 0 Å². The van der Waals surface area contributed by atoms with Gasteiger partial charge in [-0.05, 0) is 42.5 Å². The fourth-order valence-electron chi connectivity index (χ4n) is 1.84. The van der Waals surface area contributed by atoms with Crippen molar-refractivity contribution in [3.63, 3.8) is 0 Å². The van der Waals surface area contributed by atoms with Crippen LogP contribution < -0.4 is 10.6 Å². The minimum absolute atomic E-state index is 0.0773. The highest BCUT2D eigenvalue weighted by molar-refractivity contribution is 14.1. The molecule has 1 aliphatic rings. The third kappa shape index (κ3) is 2.23. The molecule has 0 saturated carbocycles. The van der Waals surface area contributed by atoms with Gasteiger partial charge in [-0.1, -0.05) is 13.8 Å². The first-order valence-electron chi connectivity index (χ1n) is 5.74. The van der Waals surface area contributed by atoms with E-state index in [9.17, 15) is 4.39 Å². The lowest BCUT2D eigenvalue weighted by Gasteiger charge is -2.41. The Labute approximate surface area is 116 Å². The molecule has 0 unspecified atom stereocenters. The monoisotopic (exact) mass is 348 g/mol. The molecule has 0 fully saturated rings. The molecular formula is C13H18FIN2. The van der Waals surface area contributed by atoms with Crippen LogP contribution in [0.1, 0.15) is 27.7 Å². The maximum atomic E-state index is 13.6. The lowest BCUT2D eigenvalue weighted by Crippen LogP contribution is -2.47. The average Bonchev–Trinajstić information content (AvgIpc) is 2.27. The van der Waals surface area contributed by atoms with E-state index in [0.717, 1.165) is 17.9 Å². The van der Waals surface area contributed by atoms with Crippen molar-refractivity contribution in [3.8, 4) is 0 Å². The third-order valence-corrected chi connectivity index (χ3v) is 4.75. The van der Waals surface area contributed by atoms with Crippen molar-refractivity contribution in [1.29, 1.82) is 0 Å². The molecule has 1 aromatic carbocycles. The van der Waals surface area contributed by atoms with Gasteiger partial charge >= 0.3 is 0 Å². The lowest BCUT2D eigenvalue weighted by atomic mass is 9.74. The van der Waals surface area contributed by atoms with Crippen LogP contribution in [-0.4, -0.2) is 12.1 Å². The highest BCUT2D eigenvalue weighted by atomic mass is 127. The number of benzene rings is 1. The van der Waals surface area contributed by atoms with Gasteiger partial charge in [-0.3, -0.25) is 0 Å². The van der Waals surface area contributed by atoms with Gasteiger partial charge in [-0.25, -0.2) is 4.39 Å². The van der Waals surface area contributed by atoms with Crippen LogP contribution in [0.25, 0.3) is 0 Å². The molecule has 1 heterocycles. The number of fused-ring (bicyclic) bond motifs is 1. The summed E-state index contributed by atoms with van der Waals surface area (Å²) in [7, 11) is 0. The maximum absolute atomic E-state index is 13.6. The van der Waals surface area contributed by atoms with Crippen LogP contribution >= 0.6 is 22.6 Å². The van der Waals surface area contributed by atoms with Gasteiger partial charge in [0.2, 0.25) is 0 Å². The highest BCUT2D eigenvalue weighted by Gasteiger charge is 2.39. The zero-order chi connectivity index (χ0) is 12.8. The van der Waals surface area contributed by atoms with E-state index in [-0.39, 0.29) is 16.8 Å². The summed E-state index contributed by atoms with van der Waals surface area (Å²) in [5.74, 6) is -0.172. The molecule has 2 nitrogen and oxygen atoms in total. The van der Waals surface area contributed by atoms with E-state index < -0.39 is 0 Å². The molecule has 2 rings (SSSR count). The van der Waals surface area contributed by atoms with E-state index in [0.29, 0.717) is 3.57 Å². The second-order valence-corrected chi connectivity index (χ2v) is 6.96. The topological polar surface area (TPSA) is 24.1 Å². The molecule has 0 aromatic heterocycles. The molecule has 0 amide bonds. The van der Waals surface area contributed by atoms with Crippen LogP contribution in [0.3, 0.4) is 0 Å². The molecule has 1 aromatic rings. The van der Waals surface area contributed by atoms with Crippen molar-refractivity contribution >= 4 is 34.0 Å². The Morgan fingerprint density at radius 1 is 1.18 bits per heavy atom. The summed E-state index contributed by atoms with van der Waals surface area (Å²) in [5.41, 5.74) is 1.81.